The summed E-state index contributed by atoms with van der Waals surface area (Å²) in [5.41, 5.74) is 0.300. The van der Waals surface area contributed by atoms with Crippen LogP contribution in [0.25, 0.3) is 0 Å². The standard InChI is InChI=1S/C11H16N2O5S2/c1-6-10(19-11(16)13-6)20(17,18)12-5-7-3-2-4-8(7)9(14)15/h7-8,12H,2-5H2,1H3,(H,13,16)(H,14,15). The molecule has 0 spiro atoms. The van der Waals surface area contributed by atoms with Crippen molar-refractivity contribution in [2.45, 2.75) is 30.4 Å². The average molecular weight is 320 g/mol. The summed E-state index contributed by atoms with van der Waals surface area (Å²) in [6.07, 6.45) is 2.07. The Kier molecular flexibility index (Phi) is 4.31. The molecule has 0 radical (unpaired) electrons. The van der Waals surface area contributed by atoms with Gasteiger partial charge >= 0.3 is 10.8 Å². The SMILES string of the molecule is Cc1[nH]c(=O)sc1S(=O)(=O)NCC1CCCC1C(=O)O. The molecule has 3 N–H and O–H groups in total. The lowest BCUT2D eigenvalue weighted by atomic mass is 9.97. The number of aromatic nitrogens is 1. The Morgan fingerprint density at radius 2 is 2.20 bits per heavy atom. The van der Waals surface area contributed by atoms with Crippen LogP contribution in [-0.2, 0) is 14.8 Å². The molecular formula is C11H16N2O5S2. The zero-order valence-corrected chi connectivity index (χ0v) is 12.5. The molecule has 2 atom stereocenters. The van der Waals surface area contributed by atoms with Crippen LogP contribution in [0.2, 0.25) is 0 Å². The second-order valence-corrected chi connectivity index (χ2v) is 7.86. The van der Waals surface area contributed by atoms with Crippen LogP contribution in [0.4, 0.5) is 0 Å². The van der Waals surface area contributed by atoms with Crippen LogP contribution >= 0.6 is 11.3 Å². The van der Waals surface area contributed by atoms with Gasteiger partial charge in [-0.05, 0) is 25.7 Å². The van der Waals surface area contributed by atoms with Crippen LogP contribution in [0.15, 0.2) is 9.00 Å². The number of carboxylic acids is 1. The van der Waals surface area contributed by atoms with Gasteiger partial charge in [-0.1, -0.05) is 17.8 Å². The third-order valence-electron chi connectivity index (χ3n) is 3.54. The molecule has 0 saturated heterocycles. The van der Waals surface area contributed by atoms with E-state index in [2.05, 4.69) is 9.71 Å². The Morgan fingerprint density at radius 3 is 2.75 bits per heavy atom. The fourth-order valence-corrected chi connectivity index (χ4v) is 4.97. The first-order valence-electron chi connectivity index (χ1n) is 6.23. The quantitative estimate of drug-likeness (QED) is 0.731. The molecule has 2 rings (SSSR count). The molecule has 1 saturated carbocycles. The van der Waals surface area contributed by atoms with Gasteiger partial charge in [-0.25, -0.2) is 13.1 Å². The van der Waals surface area contributed by atoms with Gasteiger partial charge in [-0.2, -0.15) is 0 Å². The van der Waals surface area contributed by atoms with E-state index in [1.807, 2.05) is 0 Å². The Morgan fingerprint density at radius 1 is 1.50 bits per heavy atom. The van der Waals surface area contributed by atoms with Crippen molar-refractivity contribution in [1.82, 2.24) is 9.71 Å². The first-order chi connectivity index (χ1) is 9.31. The fraction of sp³-hybridized carbons (Fsp3) is 0.636. The maximum absolute atomic E-state index is 12.1. The predicted octanol–water partition coefficient (Wildman–Crippen LogP) is 0.524. The summed E-state index contributed by atoms with van der Waals surface area (Å²) >= 11 is 0.633. The third kappa shape index (κ3) is 3.10. The molecule has 7 nitrogen and oxygen atoms in total. The lowest BCUT2D eigenvalue weighted by molar-refractivity contribution is -0.142. The molecule has 1 aromatic rings. The maximum Gasteiger partial charge on any atom is 0.306 e. The zero-order valence-electron chi connectivity index (χ0n) is 10.9. The number of aryl methyl sites for hydroxylation is 1. The summed E-state index contributed by atoms with van der Waals surface area (Å²) in [5, 5.41) is 9.06. The number of aliphatic carboxylic acids is 1. The number of hydrogen-bond acceptors (Lipinski definition) is 5. The number of carboxylic acid groups (broad SMARTS) is 1. The number of hydrogen-bond donors (Lipinski definition) is 3. The van der Waals surface area contributed by atoms with Gasteiger partial charge in [0.05, 0.1) is 5.92 Å². The Balaban J connectivity index is 2.08. The van der Waals surface area contributed by atoms with E-state index in [-0.39, 0.29) is 16.7 Å². The summed E-state index contributed by atoms with van der Waals surface area (Å²) < 4.78 is 26.6. The van der Waals surface area contributed by atoms with E-state index >= 15 is 0 Å². The number of sulfonamides is 1. The molecule has 1 fully saturated rings. The fourth-order valence-electron chi connectivity index (χ4n) is 2.54. The molecule has 20 heavy (non-hydrogen) atoms. The summed E-state index contributed by atoms with van der Waals surface area (Å²) in [6, 6.07) is 0. The number of nitrogens with one attached hydrogen (secondary N) is 2. The van der Waals surface area contributed by atoms with Crippen LogP contribution in [0.3, 0.4) is 0 Å². The minimum Gasteiger partial charge on any atom is -0.481 e. The molecule has 112 valence electrons. The Bertz CT molecular complexity index is 661. The van der Waals surface area contributed by atoms with Crippen molar-refractivity contribution in [2.75, 3.05) is 6.54 Å². The molecule has 0 aromatic carbocycles. The lowest BCUT2D eigenvalue weighted by Gasteiger charge is -2.16. The van der Waals surface area contributed by atoms with Crippen LogP contribution in [0.1, 0.15) is 25.0 Å². The smallest absolute Gasteiger partial charge is 0.306 e. The van der Waals surface area contributed by atoms with Gasteiger partial charge in [0, 0.05) is 12.2 Å². The van der Waals surface area contributed by atoms with Crippen molar-refractivity contribution in [2.24, 2.45) is 11.8 Å². The number of H-pyrrole nitrogens is 1. The third-order valence-corrected chi connectivity index (χ3v) is 6.57. The molecule has 2 unspecified atom stereocenters. The minimum atomic E-state index is -3.76. The highest BCUT2D eigenvalue weighted by Gasteiger charge is 2.34. The van der Waals surface area contributed by atoms with Crippen molar-refractivity contribution in [3.8, 4) is 0 Å². The summed E-state index contributed by atoms with van der Waals surface area (Å²) in [7, 11) is -3.76. The second-order valence-electron chi connectivity index (χ2n) is 4.91. The van der Waals surface area contributed by atoms with Crippen molar-refractivity contribution < 1.29 is 18.3 Å². The van der Waals surface area contributed by atoms with E-state index < -0.39 is 26.8 Å². The van der Waals surface area contributed by atoms with Gasteiger partial charge in [-0.15, -0.1) is 0 Å². The van der Waals surface area contributed by atoms with Gasteiger partial charge in [0.1, 0.15) is 0 Å². The van der Waals surface area contributed by atoms with E-state index in [0.29, 0.717) is 29.9 Å². The van der Waals surface area contributed by atoms with Crippen molar-refractivity contribution >= 4 is 27.3 Å². The molecule has 1 heterocycles. The molecule has 1 aromatic heterocycles. The van der Waals surface area contributed by atoms with Gasteiger partial charge < -0.3 is 10.1 Å². The lowest BCUT2D eigenvalue weighted by Crippen LogP contribution is -2.33. The van der Waals surface area contributed by atoms with Gasteiger partial charge in [-0.3, -0.25) is 9.59 Å². The molecule has 1 aliphatic rings. The summed E-state index contributed by atoms with van der Waals surface area (Å²) in [6.45, 7) is 1.60. The predicted molar refractivity (Wildman–Crippen MR) is 73.3 cm³/mol. The molecule has 0 aliphatic heterocycles. The molecule has 9 heteroatoms. The highest BCUT2D eigenvalue weighted by Crippen LogP contribution is 2.31. The minimum absolute atomic E-state index is 0.0348. The van der Waals surface area contributed by atoms with Gasteiger partial charge in [0.25, 0.3) is 10.0 Å². The summed E-state index contributed by atoms with van der Waals surface area (Å²) in [4.78, 5) is 24.2. The van der Waals surface area contributed by atoms with E-state index in [4.69, 9.17) is 5.11 Å². The maximum atomic E-state index is 12.1. The van der Waals surface area contributed by atoms with Crippen molar-refractivity contribution in [3.05, 3.63) is 15.4 Å². The molecule has 0 bridgehead atoms. The van der Waals surface area contributed by atoms with Crippen LogP contribution < -0.4 is 9.60 Å². The van der Waals surface area contributed by atoms with E-state index in [9.17, 15) is 18.0 Å². The van der Waals surface area contributed by atoms with Crippen LogP contribution in [0.5, 0.6) is 0 Å². The van der Waals surface area contributed by atoms with E-state index in [1.54, 1.807) is 0 Å². The molecular weight excluding hydrogens is 304 g/mol. The largest absolute Gasteiger partial charge is 0.481 e. The molecule has 1 aliphatic carbocycles. The van der Waals surface area contributed by atoms with Gasteiger partial charge in [0.15, 0.2) is 4.21 Å². The van der Waals surface area contributed by atoms with E-state index in [0.717, 1.165) is 6.42 Å². The Labute approximate surface area is 120 Å². The topological polar surface area (TPSA) is 116 Å². The summed E-state index contributed by atoms with van der Waals surface area (Å²) in [5.74, 6) is -1.57. The average Bonchev–Trinajstić information content (AvgIpc) is 2.93. The number of carbonyl (C=O) groups is 1. The molecule has 0 amide bonds. The van der Waals surface area contributed by atoms with Crippen LogP contribution in [-0.4, -0.2) is 31.0 Å². The second kappa shape index (κ2) is 5.66. The number of thiazole rings is 1. The monoisotopic (exact) mass is 320 g/mol. The normalized spacial score (nSPS) is 23.1. The van der Waals surface area contributed by atoms with Crippen LogP contribution in [0, 0.1) is 18.8 Å². The number of rotatable bonds is 5. The van der Waals surface area contributed by atoms with Crippen molar-refractivity contribution in [1.29, 1.82) is 0 Å². The van der Waals surface area contributed by atoms with E-state index in [1.165, 1.54) is 6.92 Å². The zero-order chi connectivity index (χ0) is 14.9. The number of aromatic amines is 1. The highest BCUT2D eigenvalue weighted by atomic mass is 32.2. The first-order valence-corrected chi connectivity index (χ1v) is 8.53. The highest BCUT2D eigenvalue weighted by molar-refractivity contribution is 7.91. The Hall–Kier alpha value is -1.19. The van der Waals surface area contributed by atoms with Gasteiger partial charge in [0.2, 0.25) is 0 Å². The first kappa shape index (κ1) is 15.2. The van der Waals surface area contributed by atoms with Crippen molar-refractivity contribution in [3.63, 3.8) is 0 Å².